The van der Waals surface area contributed by atoms with Crippen LogP contribution in [0.5, 0.6) is 0 Å². The van der Waals surface area contributed by atoms with Crippen molar-refractivity contribution in [1.29, 1.82) is 0 Å². The Morgan fingerprint density at radius 2 is 1.82 bits per heavy atom. The van der Waals surface area contributed by atoms with Crippen molar-refractivity contribution in [1.82, 2.24) is 25.2 Å². The Hall–Kier alpha value is -3.52. The zero-order valence-corrected chi connectivity index (χ0v) is 24.2. The van der Waals surface area contributed by atoms with E-state index in [0.29, 0.717) is 17.3 Å². The number of fused-ring (bicyclic) bond motifs is 1. The third kappa shape index (κ3) is 6.13. The van der Waals surface area contributed by atoms with E-state index in [2.05, 4.69) is 91.5 Å². The van der Waals surface area contributed by atoms with E-state index >= 15 is 0 Å². The molecule has 0 radical (unpaired) electrons. The molecule has 3 heterocycles. The van der Waals surface area contributed by atoms with Crippen molar-refractivity contribution < 1.29 is 4.79 Å². The highest BCUT2D eigenvalue weighted by molar-refractivity contribution is 5.99. The quantitative estimate of drug-likeness (QED) is 0.380. The van der Waals surface area contributed by atoms with Crippen LogP contribution in [0.2, 0.25) is 0 Å². The number of aromatic nitrogens is 3. The van der Waals surface area contributed by atoms with Gasteiger partial charge in [-0.15, -0.1) is 0 Å². The third-order valence-corrected chi connectivity index (χ3v) is 6.70. The molecule has 3 aromatic rings. The van der Waals surface area contributed by atoms with Crippen LogP contribution in [0, 0.1) is 6.92 Å². The molecule has 38 heavy (non-hydrogen) atoms. The molecule has 0 aliphatic carbocycles. The molecule has 0 fully saturated rings. The molecule has 202 valence electrons. The molecule has 0 atom stereocenters. The first-order valence-electron chi connectivity index (χ1n) is 13.2. The van der Waals surface area contributed by atoms with Crippen LogP contribution < -0.4 is 16.0 Å². The van der Waals surface area contributed by atoms with Gasteiger partial charge < -0.3 is 20.9 Å². The molecule has 8 heteroatoms. The van der Waals surface area contributed by atoms with E-state index in [1.165, 1.54) is 16.7 Å². The molecule has 1 amide bonds. The SMILES string of the molecule is Cc1cc(Nc2ncc(C(=O)NC(C)C)c(Nc3ccnc(C(C)(C)C)c3)n2)cc2c1C(C)(C)CN(C)C2. The Morgan fingerprint density at radius 1 is 1.08 bits per heavy atom. The normalized spacial score (nSPS) is 15.2. The fourth-order valence-electron chi connectivity index (χ4n) is 5.35. The molecule has 1 aliphatic rings. The van der Waals surface area contributed by atoms with E-state index in [9.17, 15) is 4.79 Å². The number of aryl methyl sites for hydroxylation is 1. The van der Waals surface area contributed by atoms with Crippen LogP contribution in [0.1, 0.15) is 81.2 Å². The largest absolute Gasteiger partial charge is 0.350 e. The average molecular weight is 516 g/mol. The number of nitrogens with zero attached hydrogens (tertiary/aromatic N) is 4. The van der Waals surface area contributed by atoms with E-state index in [-0.39, 0.29) is 22.8 Å². The number of carbonyl (C=O) groups excluding carboxylic acids is 1. The summed E-state index contributed by atoms with van der Waals surface area (Å²) in [6.45, 7) is 18.9. The Morgan fingerprint density at radius 3 is 2.50 bits per heavy atom. The van der Waals surface area contributed by atoms with Gasteiger partial charge in [0.1, 0.15) is 11.4 Å². The van der Waals surface area contributed by atoms with Crippen LogP contribution in [-0.4, -0.2) is 45.4 Å². The highest BCUT2D eigenvalue weighted by Gasteiger charge is 2.32. The number of amides is 1. The number of nitrogens with one attached hydrogen (secondary N) is 3. The number of carbonyl (C=O) groups is 1. The minimum absolute atomic E-state index is 0.0116. The highest BCUT2D eigenvalue weighted by Crippen LogP contribution is 2.37. The van der Waals surface area contributed by atoms with Crippen molar-refractivity contribution in [2.45, 2.75) is 78.8 Å². The highest BCUT2D eigenvalue weighted by atomic mass is 16.1. The summed E-state index contributed by atoms with van der Waals surface area (Å²) in [4.78, 5) is 29.1. The van der Waals surface area contributed by atoms with Crippen molar-refractivity contribution in [2.24, 2.45) is 0 Å². The number of anilines is 4. The predicted molar refractivity (Wildman–Crippen MR) is 155 cm³/mol. The average Bonchev–Trinajstić information content (AvgIpc) is 2.77. The molecule has 2 aromatic heterocycles. The zero-order chi connectivity index (χ0) is 27.8. The van der Waals surface area contributed by atoms with Crippen LogP contribution in [0.15, 0.2) is 36.7 Å². The van der Waals surface area contributed by atoms with Crippen molar-refractivity contribution in [2.75, 3.05) is 24.2 Å². The second-order valence-electron chi connectivity index (χ2n) is 12.4. The van der Waals surface area contributed by atoms with Gasteiger partial charge in [0, 0.05) is 59.4 Å². The van der Waals surface area contributed by atoms with Gasteiger partial charge in [-0.3, -0.25) is 9.78 Å². The van der Waals surface area contributed by atoms with Gasteiger partial charge in [-0.1, -0.05) is 34.6 Å². The predicted octanol–water partition coefficient (Wildman–Crippen LogP) is 5.83. The first-order valence-corrected chi connectivity index (χ1v) is 13.2. The summed E-state index contributed by atoms with van der Waals surface area (Å²) in [5.41, 5.74) is 7.01. The lowest BCUT2D eigenvalue weighted by molar-refractivity contribution is 0.0943. The summed E-state index contributed by atoms with van der Waals surface area (Å²) < 4.78 is 0. The van der Waals surface area contributed by atoms with Gasteiger partial charge in [0.15, 0.2) is 0 Å². The monoisotopic (exact) mass is 515 g/mol. The van der Waals surface area contributed by atoms with Gasteiger partial charge in [0.2, 0.25) is 5.95 Å². The Balaban J connectivity index is 1.70. The zero-order valence-electron chi connectivity index (χ0n) is 24.2. The lowest BCUT2D eigenvalue weighted by Crippen LogP contribution is -2.40. The van der Waals surface area contributed by atoms with Crippen LogP contribution in [0.4, 0.5) is 23.1 Å². The van der Waals surface area contributed by atoms with Gasteiger partial charge in [0.05, 0.1) is 0 Å². The maximum Gasteiger partial charge on any atom is 0.256 e. The van der Waals surface area contributed by atoms with Gasteiger partial charge in [0.25, 0.3) is 5.91 Å². The summed E-state index contributed by atoms with van der Waals surface area (Å²) in [7, 11) is 2.16. The van der Waals surface area contributed by atoms with E-state index in [1.807, 2.05) is 26.0 Å². The fraction of sp³-hybridized carbons (Fsp3) is 0.467. The summed E-state index contributed by atoms with van der Waals surface area (Å²) >= 11 is 0. The molecule has 1 aliphatic heterocycles. The molecular weight excluding hydrogens is 474 g/mol. The molecule has 3 N–H and O–H groups in total. The van der Waals surface area contributed by atoms with Crippen LogP contribution in [0.3, 0.4) is 0 Å². The number of likely N-dealkylation sites (N-methyl/N-ethyl adjacent to an activating group) is 1. The lowest BCUT2D eigenvalue weighted by atomic mass is 9.76. The van der Waals surface area contributed by atoms with Crippen molar-refractivity contribution in [3.05, 3.63) is 64.6 Å². The molecule has 1 aromatic carbocycles. The van der Waals surface area contributed by atoms with Crippen molar-refractivity contribution in [3.8, 4) is 0 Å². The Labute approximate surface area is 226 Å². The van der Waals surface area contributed by atoms with E-state index in [0.717, 1.165) is 30.2 Å². The van der Waals surface area contributed by atoms with E-state index in [4.69, 9.17) is 4.98 Å². The van der Waals surface area contributed by atoms with Gasteiger partial charge in [-0.2, -0.15) is 4.98 Å². The standard InChI is InChI=1S/C30H41N7O/c1-18(2)33-27(38)23-15-32-28(36-26(23)34-21-10-11-31-24(14-21)29(4,5)6)35-22-12-19(3)25-20(13-22)16-37(9)17-30(25,7)8/h10-15,18H,16-17H2,1-9H3,(H,33,38)(H2,31,32,34,35,36). The Bertz CT molecular complexity index is 1340. The summed E-state index contributed by atoms with van der Waals surface area (Å²) in [6, 6.07) is 8.20. The summed E-state index contributed by atoms with van der Waals surface area (Å²) in [5, 5.41) is 9.67. The topological polar surface area (TPSA) is 95.1 Å². The first-order chi connectivity index (χ1) is 17.7. The maximum atomic E-state index is 13.0. The van der Waals surface area contributed by atoms with E-state index < -0.39 is 0 Å². The summed E-state index contributed by atoms with van der Waals surface area (Å²) in [5.74, 6) is 0.623. The number of pyridine rings is 1. The third-order valence-electron chi connectivity index (χ3n) is 6.70. The minimum atomic E-state index is -0.228. The summed E-state index contributed by atoms with van der Waals surface area (Å²) in [6.07, 6.45) is 3.34. The fourth-order valence-corrected chi connectivity index (χ4v) is 5.35. The van der Waals surface area contributed by atoms with Crippen LogP contribution in [-0.2, 0) is 17.4 Å². The smallest absolute Gasteiger partial charge is 0.256 e. The lowest BCUT2D eigenvalue weighted by Gasteiger charge is -2.39. The second kappa shape index (κ2) is 10.3. The minimum Gasteiger partial charge on any atom is -0.350 e. The van der Waals surface area contributed by atoms with Gasteiger partial charge in [-0.25, -0.2) is 4.98 Å². The molecule has 0 spiro atoms. The second-order valence-corrected chi connectivity index (χ2v) is 12.4. The Kier molecular flexibility index (Phi) is 7.48. The maximum absolute atomic E-state index is 13.0. The van der Waals surface area contributed by atoms with Crippen molar-refractivity contribution in [3.63, 3.8) is 0 Å². The molecule has 0 bridgehead atoms. The molecule has 8 nitrogen and oxygen atoms in total. The van der Waals surface area contributed by atoms with Gasteiger partial charge >= 0.3 is 0 Å². The van der Waals surface area contributed by atoms with Crippen LogP contribution in [0.25, 0.3) is 0 Å². The number of hydrogen-bond acceptors (Lipinski definition) is 7. The van der Waals surface area contributed by atoms with Gasteiger partial charge in [-0.05, 0) is 68.8 Å². The molecule has 0 saturated heterocycles. The van der Waals surface area contributed by atoms with E-state index in [1.54, 1.807) is 12.4 Å². The number of benzene rings is 1. The molecule has 0 unspecified atom stereocenters. The molecular formula is C30H41N7O. The van der Waals surface area contributed by atoms with Crippen LogP contribution >= 0.6 is 0 Å². The number of rotatable bonds is 6. The number of hydrogen-bond donors (Lipinski definition) is 3. The first kappa shape index (κ1) is 27.5. The van der Waals surface area contributed by atoms with Crippen molar-refractivity contribution >= 4 is 29.0 Å². The molecule has 4 rings (SSSR count). The molecule has 0 saturated carbocycles.